The maximum atomic E-state index is 13.0. The molecule has 0 unspecified atom stereocenters. The number of benzene rings is 1. The van der Waals surface area contributed by atoms with Crippen LogP contribution in [0.25, 0.3) is 0 Å². The molecule has 4 rings (SSSR count). The Morgan fingerprint density at radius 1 is 0.938 bits per heavy atom. The normalized spacial score (nSPS) is 15.5. The van der Waals surface area contributed by atoms with Crippen LogP contribution in [0, 0.1) is 0 Å². The molecule has 0 bridgehead atoms. The second-order valence-electron chi connectivity index (χ2n) is 7.06. The molecule has 3 heterocycles. The maximum absolute atomic E-state index is 13.0. The lowest BCUT2D eigenvalue weighted by atomic mass is 10.2. The van der Waals surface area contributed by atoms with E-state index in [1.54, 1.807) is 30.6 Å². The van der Waals surface area contributed by atoms with Gasteiger partial charge >= 0.3 is 6.18 Å². The minimum atomic E-state index is -4.61. The van der Waals surface area contributed by atoms with Crippen molar-refractivity contribution in [2.24, 2.45) is 0 Å². The van der Waals surface area contributed by atoms with E-state index in [1.165, 1.54) is 10.4 Å². The molecule has 0 radical (unpaired) electrons. The number of hydrogen-bond donors (Lipinski definition) is 1. The van der Waals surface area contributed by atoms with Crippen molar-refractivity contribution in [3.8, 4) is 0 Å². The van der Waals surface area contributed by atoms with Crippen LogP contribution in [0.1, 0.15) is 5.56 Å². The largest absolute Gasteiger partial charge is 0.416 e. The van der Waals surface area contributed by atoms with Crippen molar-refractivity contribution >= 4 is 27.3 Å². The molecule has 1 saturated heterocycles. The van der Waals surface area contributed by atoms with E-state index < -0.39 is 21.8 Å². The molecular formula is C20H19F3N6O2S. The molecule has 2 aromatic heterocycles. The molecule has 3 aromatic rings. The van der Waals surface area contributed by atoms with Crippen molar-refractivity contribution in [2.75, 3.05) is 36.4 Å². The first-order valence-electron chi connectivity index (χ1n) is 9.67. The van der Waals surface area contributed by atoms with Gasteiger partial charge in [0.1, 0.15) is 0 Å². The van der Waals surface area contributed by atoms with Gasteiger partial charge in [-0.15, -0.1) is 10.2 Å². The molecule has 1 aromatic carbocycles. The number of rotatable bonds is 5. The van der Waals surface area contributed by atoms with Crippen molar-refractivity contribution in [1.82, 2.24) is 19.5 Å². The number of alkyl halides is 3. The Kier molecular flexibility index (Phi) is 5.98. The number of aromatic nitrogens is 3. The highest BCUT2D eigenvalue weighted by Crippen LogP contribution is 2.31. The fourth-order valence-corrected chi connectivity index (χ4v) is 4.75. The second kappa shape index (κ2) is 8.71. The van der Waals surface area contributed by atoms with E-state index in [0.717, 1.165) is 17.8 Å². The predicted molar refractivity (Wildman–Crippen MR) is 112 cm³/mol. The fraction of sp³-hybridized carbons (Fsp3) is 0.250. The van der Waals surface area contributed by atoms with Gasteiger partial charge in [0.15, 0.2) is 11.6 Å². The Hall–Kier alpha value is -3.25. The van der Waals surface area contributed by atoms with Crippen molar-refractivity contribution in [3.63, 3.8) is 0 Å². The first-order chi connectivity index (χ1) is 15.2. The number of nitrogens with zero attached hydrogens (tertiary/aromatic N) is 5. The topological polar surface area (TPSA) is 91.3 Å². The predicted octanol–water partition coefficient (Wildman–Crippen LogP) is 3.14. The van der Waals surface area contributed by atoms with E-state index >= 15 is 0 Å². The molecule has 32 heavy (non-hydrogen) atoms. The van der Waals surface area contributed by atoms with Crippen LogP contribution in [-0.2, 0) is 16.2 Å². The van der Waals surface area contributed by atoms with E-state index in [1.807, 2.05) is 11.0 Å². The Balaban J connectivity index is 1.40. The van der Waals surface area contributed by atoms with Crippen LogP contribution in [0.15, 0.2) is 65.8 Å². The maximum Gasteiger partial charge on any atom is 0.416 e. The molecule has 0 spiro atoms. The van der Waals surface area contributed by atoms with Crippen LogP contribution < -0.4 is 10.2 Å². The van der Waals surface area contributed by atoms with Crippen molar-refractivity contribution < 1.29 is 21.6 Å². The summed E-state index contributed by atoms with van der Waals surface area (Å²) in [6, 6.07) is 10.9. The smallest absolute Gasteiger partial charge is 0.352 e. The molecule has 1 N–H and O–H groups in total. The number of pyridine rings is 1. The van der Waals surface area contributed by atoms with Gasteiger partial charge in [-0.05, 0) is 42.5 Å². The third-order valence-corrected chi connectivity index (χ3v) is 6.84. The van der Waals surface area contributed by atoms with E-state index in [4.69, 9.17) is 0 Å². The number of nitrogens with one attached hydrogen (secondary N) is 1. The summed E-state index contributed by atoms with van der Waals surface area (Å²) < 4.78 is 65.7. The quantitative estimate of drug-likeness (QED) is 0.620. The zero-order valence-electron chi connectivity index (χ0n) is 16.7. The molecule has 1 fully saturated rings. The van der Waals surface area contributed by atoms with Gasteiger partial charge < -0.3 is 10.2 Å². The zero-order chi connectivity index (χ0) is 22.8. The summed E-state index contributed by atoms with van der Waals surface area (Å²) >= 11 is 0. The highest BCUT2D eigenvalue weighted by molar-refractivity contribution is 7.89. The number of anilines is 3. The number of sulfonamides is 1. The molecule has 0 amide bonds. The fourth-order valence-electron chi connectivity index (χ4n) is 3.28. The molecule has 1 aliphatic heterocycles. The molecule has 0 atom stereocenters. The van der Waals surface area contributed by atoms with Crippen molar-refractivity contribution in [2.45, 2.75) is 11.1 Å². The van der Waals surface area contributed by atoms with E-state index in [9.17, 15) is 21.6 Å². The lowest BCUT2D eigenvalue weighted by molar-refractivity contribution is -0.137. The number of piperazine rings is 1. The summed E-state index contributed by atoms with van der Waals surface area (Å²) in [5.74, 6) is 1.12. The van der Waals surface area contributed by atoms with E-state index in [0.29, 0.717) is 30.8 Å². The van der Waals surface area contributed by atoms with Crippen LogP contribution in [0.4, 0.5) is 30.5 Å². The van der Waals surface area contributed by atoms with E-state index in [-0.39, 0.29) is 18.0 Å². The van der Waals surface area contributed by atoms with Crippen molar-refractivity contribution in [3.05, 3.63) is 66.5 Å². The number of halogens is 3. The standard InChI is InChI=1S/C20H19F3N6O2S/c21-20(22,23)15-3-1-5-17(13-15)32(30,31)29-11-9-28(10-12-29)19-7-6-18(26-27-19)25-16-4-2-8-24-14-16/h1-8,13-14H,9-12H2,(H,25,26). The monoisotopic (exact) mass is 464 g/mol. The van der Waals surface area contributed by atoms with Crippen LogP contribution in [0.5, 0.6) is 0 Å². The average molecular weight is 464 g/mol. The van der Waals surface area contributed by atoms with E-state index in [2.05, 4.69) is 20.5 Å². The van der Waals surface area contributed by atoms with Crippen LogP contribution in [-0.4, -0.2) is 54.1 Å². The molecule has 12 heteroatoms. The third-order valence-electron chi connectivity index (χ3n) is 4.95. The van der Waals surface area contributed by atoms with Gasteiger partial charge in [0, 0.05) is 32.4 Å². The summed E-state index contributed by atoms with van der Waals surface area (Å²) in [7, 11) is -4.04. The number of hydrogen-bond acceptors (Lipinski definition) is 7. The molecule has 168 valence electrons. The summed E-state index contributed by atoms with van der Waals surface area (Å²) in [5.41, 5.74) is -0.226. The molecular weight excluding hydrogens is 445 g/mol. The summed E-state index contributed by atoms with van der Waals surface area (Å²) in [6.45, 7) is 0.913. The lowest BCUT2D eigenvalue weighted by Crippen LogP contribution is -2.49. The van der Waals surface area contributed by atoms with Gasteiger partial charge in [-0.1, -0.05) is 6.07 Å². The summed E-state index contributed by atoms with van der Waals surface area (Å²) in [5, 5.41) is 11.4. The molecule has 8 nitrogen and oxygen atoms in total. The zero-order valence-corrected chi connectivity index (χ0v) is 17.5. The van der Waals surface area contributed by atoms with Gasteiger partial charge in [-0.25, -0.2) is 8.42 Å². The Morgan fingerprint density at radius 2 is 1.72 bits per heavy atom. The third kappa shape index (κ3) is 4.81. The first-order valence-corrected chi connectivity index (χ1v) is 11.1. The first kappa shape index (κ1) is 22.0. The van der Waals surface area contributed by atoms with Crippen LogP contribution in [0.3, 0.4) is 0 Å². The average Bonchev–Trinajstić information content (AvgIpc) is 2.80. The molecule has 0 saturated carbocycles. The molecule has 0 aliphatic carbocycles. The van der Waals surface area contributed by atoms with Gasteiger partial charge in [0.05, 0.1) is 22.3 Å². The SMILES string of the molecule is O=S(=O)(c1cccc(C(F)(F)F)c1)N1CCN(c2ccc(Nc3cccnc3)nn2)CC1. The highest BCUT2D eigenvalue weighted by atomic mass is 32.2. The van der Waals surface area contributed by atoms with Crippen molar-refractivity contribution in [1.29, 1.82) is 0 Å². The summed E-state index contributed by atoms with van der Waals surface area (Å²) in [6.07, 6.45) is -1.30. The molecule has 1 aliphatic rings. The lowest BCUT2D eigenvalue weighted by Gasteiger charge is -2.34. The Morgan fingerprint density at radius 3 is 2.34 bits per heavy atom. The second-order valence-corrected chi connectivity index (χ2v) is 9.00. The Labute approximate surface area is 182 Å². The van der Waals surface area contributed by atoms with Gasteiger partial charge in [0.25, 0.3) is 0 Å². The van der Waals surface area contributed by atoms with Crippen LogP contribution >= 0.6 is 0 Å². The van der Waals surface area contributed by atoms with Gasteiger partial charge in [0.2, 0.25) is 10.0 Å². The summed E-state index contributed by atoms with van der Waals surface area (Å²) in [4.78, 5) is 5.51. The van der Waals surface area contributed by atoms with Gasteiger partial charge in [-0.2, -0.15) is 17.5 Å². The minimum absolute atomic E-state index is 0.121. The highest BCUT2D eigenvalue weighted by Gasteiger charge is 2.34. The minimum Gasteiger partial charge on any atom is -0.352 e. The van der Waals surface area contributed by atoms with Gasteiger partial charge in [-0.3, -0.25) is 4.98 Å². The van der Waals surface area contributed by atoms with Crippen LogP contribution in [0.2, 0.25) is 0 Å². The Bertz CT molecular complexity index is 1170.